The Morgan fingerprint density at radius 1 is 0.737 bits per heavy atom. The lowest BCUT2D eigenvalue weighted by Crippen LogP contribution is -2.67. The smallest absolute Gasteiger partial charge is 0.309 e. The number of hydrogen-bond donors (Lipinski definition) is 1. The number of nitrogens with zero attached hydrogens (tertiary/aromatic N) is 3. The van der Waals surface area contributed by atoms with Crippen LogP contribution in [0.15, 0.2) is 12.2 Å². The number of allylic oxidation sites excluding steroid dienone is 1. The van der Waals surface area contributed by atoms with E-state index in [2.05, 4.69) is 69.7 Å². The van der Waals surface area contributed by atoms with Crippen LogP contribution in [0.3, 0.4) is 0 Å². The number of carboxylic acids is 1. The maximum absolute atomic E-state index is 15.4. The van der Waals surface area contributed by atoms with Gasteiger partial charge in [0.05, 0.1) is 17.3 Å². The highest BCUT2D eigenvalue weighted by molar-refractivity contribution is 5.85. The standard InChI is InChI=1S/C49H79N3O5/c1-11-50-25-27-51(28-26-50)30-32-13-12-24-52(32)43(56)49-21-16-33(31(2)3)40(49)34-14-15-38-46(8)19-18-39(57-42(55)36-29-35(41(53)54)44(36,4)5)45(6,7)37(46)17-20-48(38,10)47(34,9)22-23-49/h32-40H,2,11-30H2,1,3-10H3,(H,53,54)/t32-,33-,34?,35-,36+,37-,38+,39-,40+,46-,47+,48+,49-/m0/s1. The Labute approximate surface area is 345 Å². The number of carbonyl (C=O) groups is 3. The Kier molecular flexibility index (Phi) is 10.5. The van der Waals surface area contributed by atoms with Gasteiger partial charge in [0.1, 0.15) is 6.10 Å². The second kappa shape index (κ2) is 14.3. The molecule has 0 spiro atoms. The van der Waals surface area contributed by atoms with Crippen molar-refractivity contribution in [3.8, 4) is 0 Å². The number of amides is 1. The van der Waals surface area contributed by atoms with Crippen molar-refractivity contribution in [3.05, 3.63) is 12.2 Å². The van der Waals surface area contributed by atoms with Gasteiger partial charge < -0.3 is 19.6 Å². The zero-order chi connectivity index (χ0) is 41.1. The summed E-state index contributed by atoms with van der Waals surface area (Å²) in [6.45, 7) is 33.3. The van der Waals surface area contributed by atoms with Gasteiger partial charge >= 0.3 is 11.9 Å². The van der Waals surface area contributed by atoms with Crippen molar-refractivity contribution in [2.45, 2.75) is 158 Å². The molecule has 0 aromatic rings. The van der Waals surface area contributed by atoms with E-state index in [1.54, 1.807) is 0 Å². The number of rotatable bonds is 8. The van der Waals surface area contributed by atoms with E-state index in [4.69, 9.17) is 4.74 Å². The molecular formula is C49H79N3O5. The number of fused-ring (bicyclic) bond motifs is 7. The molecule has 8 rings (SSSR count). The molecule has 8 nitrogen and oxygen atoms in total. The van der Waals surface area contributed by atoms with Crippen LogP contribution in [0.2, 0.25) is 0 Å². The van der Waals surface area contributed by atoms with E-state index in [-0.39, 0.29) is 45.1 Å². The highest BCUT2D eigenvalue weighted by atomic mass is 16.5. The molecule has 13 atom stereocenters. The number of carboxylic acid groups (broad SMARTS) is 1. The third kappa shape index (κ3) is 6.10. The molecule has 1 N–H and O–H groups in total. The number of carbonyl (C=O) groups excluding carboxylic acids is 2. The van der Waals surface area contributed by atoms with Gasteiger partial charge in [0, 0.05) is 50.7 Å². The van der Waals surface area contributed by atoms with Crippen LogP contribution in [0.4, 0.5) is 0 Å². The molecule has 2 aliphatic heterocycles. The van der Waals surface area contributed by atoms with Crippen molar-refractivity contribution in [1.29, 1.82) is 0 Å². The molecule has 0 bridgehead atoms. The fraction of sp³-hybridized carbons (Fsp3) is 0.898. The van der Waals surface area contributed by atoms with Gasteiger partial charge in [-0.1, -0.05) is 67.5 Å². The number of hydrogen-bond acceptors (Lipinski definition) is 6. The largest absolute Gasteiger partial charge is 0.481 e. The first kappa shape index (κ1) is 41.8. The summed E-state index contributed by atoms with van der Waals surface area (Å²) < 4.78 is 6.47. The summed E-state index contributed by atoms with van der Waals surface area (Å²) in [6.07, 6.45) is 13.5. The number of ether oxygens (including phenoxy) is 1. The summed E-state index contributed by atoms with van der Waals surface area (Å²) >= 11 is 0. The number of aliphatic carboxylic acids is 1. The van der Waals surface area contributed by atoms with Gasteiger partial charge in [0.15, 0.2) is 0 Å². The lowest BCUT2D eigenvalue weighted by atomic mass is 9.32. The fourth-order valence-corrected chi connectivity index (χ4v) is 16.8. The van der Waals surface area contributed by atoms with Crippen LogP contribution in [0, 0.1) is 73.9 Å². The van der Waals surface area contributed by atoms with Crippen LogP contribution in [0.1, 0.15) is 146 Å². The summed E-state index contributed by atoms with van der Waals surface area (Å²) in [5.41, 5.74) is 0.777. The van der Waals surface area contributed by atoms with Crippen LogP contribution in [-0.4, -0.2) is 95.6 Å². The molecule has 1 amide bonds. The number of piperazine rings is 1. The second-order valence-electron chi connectivity index (χ2n) is 23.2. The van der Waals surface area contributed by atoms with Crippen molar-refractivity contribution >= 4 is 17.8 Å². The lowest BCUT2D eigenvalue weighted by molar-refractivity contribution is -0.251. The quantitative estimate of drug-likeness (QED) is 0.194. The topological polar surface area (TPSA) is 90.4 Å². The van der Waals surface area contributed by atoms with E-state index in [9.17, 15) is 14.7 Å². The van der Waals surface area contributed by atoms with Gasteiger partial charge in [-0.05, 0) is 148 Å². The molecule has 6 aliphatic carbocycles. The van der Waals surface area contributed by atoms with Crippen LogP contribution in [0.5, 0.6) is 0 Å². The Balaban J connectivity index is 1.02. The minimum atomic E-state index is -0.808. The SMILES string of the molecule is C=C(C)[C@@H]1CC[C@]2(C(=O)N3CCC[C@H]3CN3CCN(CC)CC3)CC[C@]3(C)C(CC[C@@H]4[C@@]5(C)CC[C@H](OC(=O)[C@H]6C[C@@H](C(=O)O)C6(C)C)C(C)(C)[C@@H]5CC[C@]43C)[C@@H]12. The minimum absolute atomic E-state index is 0.148. The van der Waals surface area contributed by atoms with Gasteiger partial charge in [0.2, 0.25) is 5.91 Å². The van der Waals surface area contributed by atoms with E-state index in [1.165, 1.54) is 24.8 Å². The maximum atomic E-state index is 15.4. The molecule has 8 aliphatic rings. The fourth-order valence-electron chi connectivity index (χ4n) is 16.8. The van der Waals surface area contributed by atoms with E-state index >= 15 is 4.79 Å². The molecule has 2 saturated heterocycles. The van der Waals surface area contributed by atoms with E-state index in [0.29, 0.717) is 48.0 Å². The first-order valence-electron chi connectivity index (χ1n) is 23.6. The minimum Gasteiger partial charge on any atom is -0.481 e. The van der Waals surface area contributed by atoms with Crippen molar-refractivity contribution in [2.24, 2.45) is 73.9 Å². The first-order valence-corrected chi connectivity index (χ1v) is 23.6. The molecule has 57 heavy (non-hydrogen) atoms. The summed E-state index contributed by atoms with van der Waals surface area (Å²) in [6, 6.07) is 0.348. The molecule has 1 unspecified atom stereocenters. The predicted octanol–water partition coefficient (Wildman–Crippen LogP) is 8.93. The average Bonchev–Trinajstić information content (AvgIpc) is 3.78. The monoisotopic (exact) mass is 790 g/mol. The highest BCUT2D eigenvalue weighted by Gasteiger charge is 2.72. The third-order valence-electron chi connectivity index (χ3n) is 20.6. The first-order chi connectivity index (χ1) is 26.8. The summed E-state index contributed by atoms with van der Waals surface area (Å²) in [4.78, 5) is 48.5. The maximum Gasteiger partial charge on any atom is 0.309 e. The van der Waals surface area contributed by atoms with Crippen LogP contribution in [-0.2, 0) is 19.1 Å². The summed E-state index contributed by atoms with van der Waals surface area (Å²) in [5, 5.41) is 9.70. The Morgan fingerprint density at radius 3 is 2.09 bits per heavy atom. The van der Waals surface area contributed by atoms with Gasteiger partial charge in [-0.2, -0.15) is 0 Å². The Bertz CT molecular complexity index is 1620. The highest BCUT2D eigenvalue weighted by Crippen LogP contribution is 2.78. The Hall–Kier alpha value is -1.93. The van der Waals surface area contributed by atoms with Crippen LogP contribution >= 0.6 is 0 Å². The van der Waals surface area contributed by atoms with Gasteiger partial charge in [-0.25, -0.2) is 0 Å². The molecule has 6 saturated carbocycles. The second-order valence-corrected chi connectivity index (χ2v) is 23.2. The van der Waals surface area contributed by atoms with Crippen LogP contribution in [0.25, 0.3) is 0 Å². The van der Waals surface area contributed by atoms with Crippen LogP contribution < -0.4 is 0 Å². The van der Waals surface area contributed by atoms with Gasteiger partial charge in [-0.3, -0.25) is 19.3 Å². The van der Waals surface area contributed by atoms with Crippen molar-refractivity contribution in [1.82, 2.24) is 14.7 Å². The van der Waals surface area contributed by atoms with Crippen molar-refractivity contribution in [2.75, 3.05) is 45.8 Å². The van der Waals surface area contributed by atoms with Gasteiger partial charge in [0.25, 0.3) is 0 Å². The van der Waals surface area contributed by atoms with E-state index < -0.39 is 17.3 Å². The van der Waals surface area contributed by atoms with Crippen molar-refractivity contribution in [3.63, 3.8) is 0 Å². The molecule has 2 heterocycles. The molecule has 8 fully saturated rings. The van der Waals surface area contributed by atoms with Crippen molar-refractivity contribution < 1.29 is 24.2 Å². The molecular weight excluding hydrogens is 711 g/mol. The summed E-state index contributed by atoms with van der Waals surface area (Å²) in [5.74, 6) is 1.03. The normalized spacial score (nSPS) is 46.5. The molecule has 0 aromatic carbocycles. The zero-order valence-corrected chi connectivity index (χ0v) is 37.5. The molecule has 0 radical (unpaired) electrons. The lowest BCUT2D eigenvalue weighted by Gasteiger charge is -2.73. The summed E-state index contributed by atoms with van der Waals surface area (Å²) in [7, 11) is 0. The zero-order valence-electron chi connectivity index (χ0n) is 37.5. The predicted molar refractivity (Wildman–Crippen MR) is 225 cm³/mol. The third-order valence-corrected chi connectivity index (χ3v) is 20.6. The van der Waals surface area contributed by atoms with Gasteiger partial charge in [-0.15, -0.1) is 0 Å². The number of likely N-dealkylation sites (N-methyl/N-ethyl adjacent to an activating group) is 1. The Morgan fingerprint density at radius 2 is 1.44 bits per heavy atom. The van der Waals surface area contributed by atoms with E-state index in [0.717, 1.165) is 104 Å². The molecule has 320 valence electrons. The molecule has 8 heteroatoms. The van der Waals surface area contributed by atoms with E-state index in [1.807, 2.05) is 13.8 Å². The number of esters is 1. The average molecular weight is 790 g/mol. The molecule has 0 aromatic heterocycles. The number of likely N-dealkylation sites (tertiary alicyclic amines) is 1.